The summed E-state index contributed by atoms with van der Waals surface area (Å²) in [5, 5.41) is 13.2. The van der Waals surface area contributed by atoms with Crippen molar-refractivity contribution in [3.8, 4) is 5.75 Å². The Labute approximate surface area is 120 Å². The fourth-order valence-electron chi connectivity index (χ4n) is 1.74. The van der Waals surface area contributed by atoms with Crippen LogP contribution in [-0.4, -0.2) is 26.4 Å². The van der Waals surface area contributed by atoms with Gasteiger partial charge in [0.2, 0.25) is 0 Å². The van der Waals surface area contributed by atoms with Crippen molar-refractivity contribution < 1.29 is 5.11 Å². The summed E-state index contributed by atoms with van der Waals surface area (Å²) in [6.45, 7) is 5.70. The molecule has 0 saturated carbocycles. The van der Waals surface area contributed by atoms with Gasteiger partial charge < -0.3 is 10.4 Å². The second kappa shape index (κ2) is 5.70. The molecule has 0 aliphatic rings. The van der Waals surface area contributed by atoms with Crippen molar-refractivity contribution in [2.24, 2.45) is 0 Å². The molecule has 0 aliphatic carbocycles. The fourth-order valence-corrected chi connectivity index (χ4v) is 1.91. The zero-order valence-electron chi connectivity index (χ0n) is 10.9. The fraction of sp³-hybridized carbons (Fsp3) is 0.154. The summed E-state index contributed by atoms with van der Waals surface area (Å²) in [5.41, 5.74) is 2.71. The molecular weight excluding hydrogens is 276 g/mol. The third-order valence-electron chi connectivity index (χ3n) is 2.67. The SMILES string of the molecule is C=CCNC(=S)Nn1c(C)nc2c(O)cccc2c1=O. The van der Waals surface area contributed by atoms with Gasteiger partial charge in [0.25, 0.3) is 5.56 Å². The predicted octanol–water partition coefficient (Wildman–Crippen LogP) is 1.01. The molecule has 0 fully saturated rings. The first-order valence-corrected chi connectivity index (χ1v) is 6.32. The van der Waals surface area contributed by atoms with E-state index in [9.17, 15) is 9.90 Å². The number of phenolic OH excluding ortho intramolecular Hbond substituents is 1. The maximum absolute atomic E-state index is 12.4. The van der Waals surface area contributed by atoms with Crippen LogP contribution in [-0.2, 0) is 0 Å². The lowest BCUT2D eigenvalue weighted by Crippen LogP contribution is -2.40. The van der Waals surface area contributed by atoms with Gasteiger partial charge in [0.15, 0.2) is 5.11 Å². The lowest BCUT2D eigenvalue weighted by molar-refractivity contribution is 0.480. The average molecular weight is 290 g/mol. The monoisotopic (exact) mass is 290 g/mol. The summed E-state index contributed by atoms with van der Waals surface area (Å²) in [7, 11) is 0. The molecule has 6 nitrogen and oxygen atoms in total. The van der Waals surface area contributed by atoms with E-state index in [0.717, 1.165) is 0 Å². The number of nitrogens with zero attached hydrogens (tertiary/aromatic N) is 2. The number of rotatable bonds is 3. The summed E-state index contributed by atoms with van der Waals surface area (Å²) in [6, 6.07) is 4.68. The van der Waals surface area contributed by atoms with E-state index in [1.807, 2.05) is 0 Å². The van der Waals surface area contributed by atoms with Gasteiger partial charge >= 0.3 is 0 Å². The van der Waals surface area contributed by atoms with Crippen LogP contribution in [0.15, 0.2) is 35.6 Å². The van der Waals surface area contributed by atoms with E-state index in [-0.39, 0.29) is 21.9 Å². The van der Waals surface area contributed by atoms with Crippen LogP contribution in [0.5, 0.6) is 5.75 Å². The molecule has 0 atom stereocenters. The first kappa shape index (κ1) is 14.0. The summed E-state index contributed by atoms with van der Waals surface area (Å²) >= 11 is 5.06. The highest BCUT2D eigenvalue weighted by molar-refractivity contribution is 7.80. The van der Waals surface area contributed by atoms with E-state index in [4.69, 9.17) is 12.2 Å². The number of nitrogens with one attached hydrogen (secondary N) is 2. The first-order valence-electron chi connectivity index (χ1n) is 5.91. The smallest absolute Gasteiger partial charge is 0.280 e. The third-order valence-corrected chi connectivity index (χ3v) is 2.90. The van der Waals surface area contributed by atoms with Crippen LogP contribution in [0.4, 0.5) is 0 Å². The van der Waals surface area contributed by atoms with Crippen LogP contribution >= 0.6 is 12.2 Å². The number of phenols is 1. The molecule has 2 aromatic rings. The molecule has 0 bridgehead atoms. The van der Waals surface area contributed by atoms with Gasteiger partial charge in [-0.3, -0.25) is 10.2 Å². The Kier molecular flexibility index (Phi) is 3.99. The van der Waals surface area contributed by atoms with E-state index in [2.05, 4.69) is 22.3 Å². The van der Waals surface area contributed by atoms with Gasteiger partial charge in [0, 0.05) is 6.54 Å². The van der Waals surface area contributed by atoms with Crippen molar-refractivity contribution in [1.82, 2.24) is 15.0 Å². The summed E-state index contributed by atoms with van der Waals surface area (Å²) in [6.07, 6.45) is 1.65. The van der Waals surface area contributed by atoms with Gasteiger partial charge in [-0.25, -0.2) is 9.66 Å². The second-order valence-corrected chi connectivity index (χ2v) is 4.49. The van der Waals surface area contributed by atoms with Gasteiger partial charge in [-0.15, -0.1) is 6.58 Å². The normalized spacial score (nSPS) is 10.2. The van der Waals surface area contributed by atoms with E-state index in [0.29, 0.717) is 17.8 Å². The Morgan fingerprint density at radius 3 is 3.05 bits per heavy atom. The van der Waals surface area contributed by atoms with Crippen LogP contribution < -0.4 is 16.3 Å². The van der Waals surface area contributed by atoms with E-state index >= 15 is 0 Å². The van der Waals surface area contributed by atoms with Crippen LogP contribution in [0.25, 0.3) is 10.9 Å². The molecule has 0 saturated heterocycles. The molecule has 104 valence electrons. The molecule has 0 radical (unpaired) electrons. The molecule has 3 N–H and O–H groups in total. The molecule has 2 rings (SSSR count). The number of benzene rings is 1. The largest absolute Gasteiger partial charge is 0.506 e. The maximum atomic E-state index is 12.4. The van der Waals surface area contributed by atoms with E-state index < -0.39 is 0 Å². The van der Waals surface area contributed by atoms with E-state index in [1.165, 1.54) is 10.7 Å². The number of aromatic hydroxyl groups is 1. The van der Waals surface area contributed by atoms with Crippen molar-refractivity contribution in [3.05, 3.63) is 47.0 Å². The van der Waals surface area contributed by atoms with Gasteiger partial charge in [0.1, 0.15) is 17.1 Å². The number of hydrogen-bond acceptors (Lipinski definition) is 4. The van der Waals surface area contributed by atoms with Crippen molar-refractivity contribution in [2.45, 2.75) is 6.92 Å². The third kappa shape index (κ3) is 2.62. The maximum Gasteiger partial charge on any atom is 0.280 e. The number of para-hydroxylation sites is 1. The lowest BCUT2D eigenvalue weighted by Gasteiger charge is -2.14. The van der Waals surface area contributed by atoms with Crippen molar-refractivity contribution in [3.63, 3.8) is 0 Å². The highest BCUT2D eigenvalue weighted by Gasteiger charge is 2.11. The molecule has 1 aromatic carbocycles. The van der Waals surface area contributed by atoms with Crippen molar-refractivity contribution in [1.29, 1.82) is 0 Å². The number of aromatic nitrogens is 2. The van der Waals surface area contributed by atoms with E-state index in [1.54, 1.807) is 25.1 Å². The predicted molar refractivity (Wildman–Crippen MR) is 82.6 cm³/mol. The summed E-state index contributed by atoms with van der Waals surface area (Å²) in [5.74, 6) is 0.369. The number of hydrogen-bond donors (Lipinski definition) is 3. The number of thiocarbonyl (C=S) groups is 1. The highest BCUT2D eigenvalue weighted by atomic mass is 32.1. The topological polar surface area (TPSA) is 79.2 Å². The van der Waals surface area contributed by atoms with Crippen LogP contribution in [0.3, 0.4) is 0 Å². The molecule has 0 spiro atoms. The summed E-state index contributed by atoms with van der Waals surface area (Å²) < 4.78 is 1.24. The lowest BCUT2D eigenvalue weighted by atomic mass is 10.2. The van der Waals surface area contributed by atoms with Crippen molar-refractivity contribution in [2.75, 3.05) is 12.0 Å². The zero-order chi connectivity index (χ0) is 14.7. The Morgan fingerprint density at radius 1 is 1.60 bits per heavy atom. The molecule has 1 heterocycles. The number of fused-ring (bicyclic) bond motifs is 1. The summed E-state index contributed by atoms with van der Waals surface area (Å²) in [4.78, 5) is 16.6. The minimum atomic E-state index is -0.328. The highest BCUT2D eigenvalue weighted by Crippen LogP contribution is 2.19. The molecule has 20 heavy (non-hydrogen) atoms. The molecule has 7 heteroatoms. The van der Waals surface area contributed by atoms with Crippen LogP contribution in [0.2, 0.25) is 0 Å². The molecule has 1 aromatic heterocycles. The van der Waals surface area contributed by atoms with Gasteiger partial charge in [-0.05, 0) is 31.3 Å². The average Bonchev–Trinajstić information content (AvgIpc) is 2.42. The Hall–Kier alpha value is -2.41. The standard InChI is InChI=1S/C13H14N4O2S/c1-3-7-14-13(20)16-17-8(2)15-11-9(12(17)19)5-4-6-10(11)18/h3-6,18H,1,7H2,2H3,(H2,14,16,20). The Bertz CT molecular complexity index is 739. The molecular formula is C13H14N4O2S. The van der Waals surface area contributed by atoms with Crippen molar-refractivity contribution >= 4 is 28.2 Å². The van der Waals surface area contributed by atoms with Gasteiger partial charge in [0.05, 0.1) is 5.39 Å². The first-order chi connectivity index (χ1) is 9.54. The molecule has 0 unspecified atom stereocenters. The van der Waals surface area contributed by atoms with Gasteiger partial charge in [-0.2, -0.15) is 0 Å². The molecule has 0 aliphatic heterocycles. The van der Waals surface area contributed by atoms with Crippen LogP contribution in [0, 0.1) is 6.92 Å². The second-order valence-electron chi connectivity index (χ2n) is 4.08. The molecule has 0 amide bonds. The minimum Gasteiger partial charge on any atom is -0.506 e. The quantitative estimate of drug-likeness (QED) is 0.578. The van der Waals surface area contributed by atoms with Crippen LogP contribution in [0.1, 0.15) is 5.82 Å². The minimum absolute atomic E-state index is 0.0257. The zero-order valence-corrected chi connectivity index (χ0v) is 11.7. The Morgan fingerprint density at radius 2 is 2.35 bits per heavy atom. The van der Waals surface area contributed by atoms with Gasteiger partial charge in [-0.1, -0.05) is 12.1 Å². The Balaban J connectivity index is 2.47. The number of aryl methyl sites for hydroxylation is 1.